The van der Waals surface area contributed by atoms with Gasteiger partial charge in [0.15, 0.2) is 0 Å². The van der Waals surface area contributed by atoms with Crippen LogP contribution in [0.3, 0.4) is 0 Å². The van der Waals surface area contributed by atoms with Crippen LogP contribution in [0.2, 0.25) is 5.02 Å². The number of carbonyl (C=O) groups is 1. The zero-order valence-electron chi connectivity index (χ0n) is 11.1. The number of alkyl halides is 3. The van der Waals surface area contributed by atoms with Gasteiger partial charge < -0.3 is 10.4 Å². The van der Waals surface area contributed by atoms with Gasteiger partial charge >= 0.3 is 12.1 Å². The van der Waals surface area contributed by atoms with Crippen LogP contribution in [0.15, 0.2) is 18.2 Å². The molecule has 0 aliphatic heterocycles. The fourth-order valence-corrected chi connectivity index (χ4v) is 2.89. The lowest BCUT2D eigenvalue weighted by molar-refractivity contribution is -0.143. The van der Waals surface area contributed by atoms with Gasteiger partial charge in [-0.05, 0) is 31.4 Å². The van der Waals surface area contributed by atoms with Gasteiger partial charge in [-0.15, -0.1) is 0 Å². The summed E-state index contributed by atoms with van der Waals surface area (Å²) in [4.78, 5) is 11.0. The van der Waals surface area contributed by atoms with Crippen LogP contribution in [0.1, 0.15) is 31.2 Å². The fraction of sp³-hybridized carbons (Fsp3) is 0.500. The van der Waals surface area contributed by atoms with Crippen molar-refractivity contribution < 1.29 is 23.1 Å². The van der Waals surface area contributed by atoms with Crippen molar-refractivity contribution in [3.05, 3.63) is 28.8 Å². The molecule has 0 heterocycles. The molecule has 1 aromatic rings. The number of aliphatic carboxylic acids is 1. The van der Waals surface area contributed by atoms with E-state index in [9.17, 15) is 18.0 Å². The van der Waals surface area contributed by atoms with Gasteiger partial charge in [0.1, 0.15) is 0 Å². The minimum absolute atomic E-state index is 0.0118. The molecule has 2 N–H and O–H groups in total. The van der Waals surface area contributed by atoms with Crippen molar-refractivity contribution in [3.8, 4) is 0 Å². The van der Waals surface area contributed by atoms with Crippen molar-refractivity contribution in [2.45, 2.75) is 37.9 Å². The van der Waals surface area contributed by atoms with Crippen LogP contribution in [-0.2, 0) is 11.0 Å². The molecule has 0 spiro atoms. The van der Waals surface area contributed by atoms with E-state index in [4.69, 9.17) is 16.7 Å². The Hall–Kier alpha value is -1.43. The second kappa shape index (κ2) is 6.13. The number of para-hydroxylation sites is 1. The van der Waals surface area contributed by atoms with Crippen LogP contribution in [-0.4, -0.2) is 17.1 Å². The van der Waals surface area contributed by atoms with Crippen LogP contribution in [0, 0.1) is 5.92 Å². The van der Waals surface area contributed by atoms with Crippen LogP contribution < -0.4 is 5.32 Å². The third-order valence-corrected chi connectivity index (χ3v) is 4.01. The number of nitrogens with one attached hydrogen (secondary N) is 1. The number of hydrogen-bond donors (Lipinski definition) is 2. The lowest BCUT2D eigenvalue weighted by atomic mass is 9.85. The summed E-state index contributed by atoms with van der Waals surface area (Å²) < 4.78 is 39.0. The van der Waals surface area contributed by atoms with Gasteiger partial charge in [-0.25, -0.2) is 0 Å². The molecule has 0 aromatic heterocycles. The maximum absolute atomic E-state index is 13.0. The van der Waals surface area contributed by atoms with Crippen LogP contribution in [0.4, 0.5) is 18.9 Å². The van der Waals surface area contributed by atoms with E-state index in [1.807, 2.05) is 0 Å². The number of rotatable bonds is 3. The summed E-state index contributed by atoms with van der Waals surface area (Å²) in [5, 5.41) is 11.8. The smallest absolute Gasteiger partial charge is 0.418 e. The van der Waals surface area contributed by atoms with E-state index in [0.717, 1.165) is 6.07 Å². The van der Waals surface area contributed by atoms with E-state index in [0.29, 0.717) is 25.7 Å². The molecule has 1 saturated carbocycles. The second-order valence-electron chi connectivity index (χ2n) is 5.20. The molecule has 116 valence electrons. The van der Waals surface area contributed by atoms with Crippen molar-refractivity contribution >= 4 is 23.3 Å². The Kier molecular flexibility index (Phi) is 4.66. The zero-order chi connectivity index (χ0) is 15.6. The molecule has 7 heteroatoms. The number of anilines is 1. The van der Waals surface area contributed by atoms with Crippen LogP contribution in [0.5, 0.6) is 0 Å². The summed E-state index contributed by atoms with van der Waals surface area (Å²) in [5.41, 5.74) is -0.991. The van der Waals surface area contributed by atoms with Crippen LogP contribution >= 0.6 is 11.6 Å². The Morgan fingerprint density at radius 2 is 2.05 bits per heavy atom. The number of hydrogen-bond acceptors (Lipinski definition) is 2. The maximum Gasteiger partial charge on any atom is 0.418 e. The molecule has 2 atom stereocenters. The second-order valence-corrected chi connectivity index (χ2v) is 5.61. The van der Waals surface area contributed by atoms with Crippen molar-refractivity contribution in [2.75, 3.05) is 5.32 Å². The topological polar surface area (TPSA) is 49.3 Å². The van der Waals surface area contributed by atoms with Crippen molar-refractivity contribution in [3.63, 3.8) is 0 Å². The highest BCUT2D eigenvalue weighted by Gasteiger charge is 2.35. The lowest BCUT2D eigenvalue weighted by Gasteiger charge is -2.29. The Morgan fingerprint density at radius 3 is 2.67 bits per heavy atom. The predicted molar refractivity (Wildman–Crippen MR) is 73.5 cm³/mol. The highest BCUT2D eigenvalue weighted by atomic mass is 35.5. The molecule has 2 rings (SSSR count). The van der Waals surface area contributed by atoms with Crippen molar-refractivity contribution in [1.82, 2.24) is 0 Å². The van der Waals surface area contributed by atoms with E-state index in [2.05, 4.69) is 5.32 Å². The molecule has 0 radical (unpaired) electrons. The molecule has 1 aliphatic carbocycles. The van der Waals surface area contributed by atoms with E-state index in [-0.39, 0.29) is 16.8 Å². The number of carboxylic acid groups (broad SMARTS) is 1. The van der Waals surface area contributed by atoms with Gasteiger partial charge in [-0.3, -0.25) is 4.79 Å². The SMILES string of the molecule is O=C(O)C1CCCC(Nc2c(Cl)cccc2C(F)(F)F)C1. The summed E-state index contributed by atoms with van der Waals surface area (Å²) in [5.74, 6) is -1.43. The monoisotopic (exact) mass is 321 g/mol. The minimum Gasteiger partial charge on any atom is -0.481 e. The van der Waals surface area contributed by atoms with E-state index >= 15 is 0 Å². The van der Waals surface area contributed by atoms with Gasteiger partial charge in [0.2, 0.25) is 0 Å². The molecule has 0 bridgehead atoms. The normalized spacial score (nSPS) is 22.9. The van der Waals surface area contributed by atoms with E-state index in [1.54, 1.807) is 0 Å². The first-order valence-corrected chi connectivity index (χ1v) is 7.02. The zero-order valence-corrected chi connectivity index (χ0v) is 11.8. The Labute approximate surface area is 125 Å². The quantitative estimate of drug-likeness (QED) is 0.866. The summed E-state index contributed by atoms with van der Waals surface area (Å²) in [6.45, 7) is 0. The summed E-state index contributed by atoms with van der Waals surface area (Å²) in [6.07, 6.45) is -2.35. The summed E-state index contributed by atoms with van der Waals surface area (Å²) in [6, 6.07) is 3.28. The van der Waals surface area contributed by atoms with Crippen molar-refractivity contribution in [2.24, 2.45) is 5.92 Å². The number of benzene rings is 1. The lowest BCUT2D eigenvalue weighted by Crippen LogP contribution is -2.31. The molecular formula is C14H15ClF3NO2. The average molecular weight is 322 g/mol. The summed E-state index contributed by atoms with van der Waals surface area (Å²) in [7, 11) is 0. The van der Waals surface area contributed by atoms with Crippen molar-refractivity contribution in [1.29, 1.82) is 0 Å². The molecular weight excluding hydrogens is 307 g/mol. The van der Waals surface area contributed by atoms with E-state index < -0.39 is 23.6 Å². The molecule has 2 unspecified atom stereocenters. The molecule has 1 aliphatic rings. The molecule has 0 saturated heterocycles. The number of carboxylic acids is 1. The Morgan fingerprint density at radius 1 is 1.33 bits per heavy atom. The highest BCUT2D eigenvalue weighted by molar-refractivity contribution is 6.33. The van der Waals surface area contributed by atoms with Gasteiger partial charge in [-0.1, -0.05) is 24.1 Å². The van der Waals surface area contributed by atoms with Crippen LogP contribution in [0.25, 0.3) is 0 Å². The Bertz CT molecular complexity index is 533. The molecule has 1 fully saturated rings. The first-order chi connectivity index (χ1) is 9.79. The first kappa shape index (κ1) is 15.9. The predicted octanol–water partition coefficient (Wildman–Crippen LogP) is 4.41. The Balaban J connectivity index is 2.21. The largest absolute Gasteiger partial charge is 0.481 e. The third kappa shape index (κ3) is 3.81. The average Bonchev–Trinajstić information content (AvgIpc) is 2.40. The molecule has 1 aromatic carbocycles. The summed E-state index contributed by atoms with van der Waals surface area (Å²) >= 11 is 5.87. The van der Waals surface area contributed by atoms with Gasteiger partial charge in [0.25, 0.3) is 0 Å². The van der Waals surface area contributed by atoms with Gasteiger partial charge in [-0.2, -0.15) is 13.2 Å². The molecule has 21 heavy (non-hydrogen) atoms. The van der Waals surface area contributed by atoms with Gasteiger partial charge in [0, 0.05) is 6.04 Å². The number of halogens is 4. The first-order valence-electron chi connectivity index (χ1n) is 6.64. The molecule has 3 nitrogen and oxygen atoms in total. The maximum atomic E-state index is 13.0. The van der Waals surface area contributed by atoms with Gasteiger partial charge in [0.05, 0.1) is 22.2 Å². The standard InChI is InChI=1S/C14H15ClF3NO2/c15-11-6-2-5-10(14(16,17)18)12(11)19-9-4-1-3-8(7-9)13(20)21/h2,5-6,8-9,19H,1,3-4,7H2,(H,20,21). The minimum atomic E-state index is -4.51. The fourth-order valence-electron chi connectivity index (χ4n) is 2.66. The molecule has 0 amide bonds. The van der Waals surface area contributed by atoms with E-state index in [1.165, 1.54) is 12.1 Å². The highest BCUT2D eigenvalue weighted by Crippen LogP contribution is 2.40. The third-order valence-electron chi connectivity index (χ3n) is 3.69.